The summed E-state index contributed by atoms with van der Waals surface area (Å²) in [5.41, 5.74) is -2.39. The van der Waals surface area contributed by atoms with Gasteiger partial charge in [0.25, 0.3) is 0 Å². The van der Waals surface area contributed by atoms with Crippen molar-refractivity contribution in [3.63, 3.8) is 0 Å². The molecule has 2 N–H and O–H groups in total. The van der Waals surface area contributed by atoms with E-state index in [1.54, 1.807) is 6.92 Å². The molecule has 0 spiro atoms. The molecule has 0 bridgehead atoms. The Bertz CT molecular complexity index is 1000. The molecule has 2 aromatic rings. The second-order valence-electron chi connectivity index (χ2n) is 6.35. The summed E-state index contributed by atoms with van der Waals surface area (Å²) in [6.45, 7) is 3.60. The lowest BCUT2D eigenvalue weighted by atomic mass is 10.1. The maximum absolute atomic E-state index is 15.2. The third kappa shape index (κ3) is 3.22. The van der Waals surface area contributed by atoms with E-state index in [4.69, 9.17) is 5.11 Å². The lowest BCUT2D eigenvalue weighted by Gasteiger charge is -2.22. The molecule has 1 aromatic heterocycles. The van der Waals surface area contributed by atoms with Crippen LogP contribution in [0.5, 0.6) is 0 Å². The van der Waals surface area contributed by atoms with E-state index < -0.39 is 28.7 Å². The second-order valence-corrected chi connectivity index (χ2v) is 6.35. The lowest BCUT2D eigenvalue weighted by Crippen LogP contribution is -2.36. The normalized spacial score (nSPS) is 16.7. The molecule has 0 radical (unpaired) electrons. The van der Waals surface area contributed by atoms with E-state index in [0.717, 1.165) is 10.7 Å². The summed E-state index contributed by atoms with van der Waals surface area (Å²) in [5, 5.41) is 15.1. The maximum atomic E-state index is 15.2. The molecule has 0 aliphatic carbocycles. The Hall–Kier alpha value is -3.04. The molecular formula is C17H18F2N4O4. The number of rotatable bonds is 4. The van der Waals surface area contributed by atoms with Crippen LogP contribution >= 0.6 is 0 Å². The van der Waals surface area contributed by atoms with Gasteiger partial charge >= 0.3 is 5.97 Å². The predicted molar refractivity (Wildman–Crippen MR) is 93.0 cm³/mol. The summed E-state index contributed by atoms with van der Waals surface area (Å²) in [6.07, 6.45) is 0.521. The first-order valence-electron chi connectivity index (χ1n) is 8.42. The van der Waals surface area contributed by atoms with E-state index in [-0.39, 0.29) is 41.6 Å². The summed E-state index contributed by atoms with van der Waals surface area (Å²) in [5.74, 6) is -3.74. The molecule has 144 valence electrons. The molecule has 1 amide bonds. The number of aryl methyl sites for hydroxylation is 1. The van der Waals surface area contributed by atoms with Crippen LogP contribution in [-0.4, -0.2) is 45.9 Å². The average molecular weight is 380 g/mol. The van der Waals surface area contributed by atoms with Crippen LogP contribution in [0.4, 0.5) is 14.5 Å². The molecule has 10 heteroatoms. The number of fused-ring (bicyclic) bond motifs is 1. The van der Waals surface area contributed by atoms with Crippen LogP contribution in [0, 0.1) is 11.6 Å². The molecule has 1 aromatic carbocycles. The number of anilines is 1. The third-order valence-electron chi connectivity index (χ3n) is 4.52. The van der Waals surface area contributed by atoms with Gasteiger partial charge in [0.05, 0.1) is 5.39 Å². The van der Waals surface area contributed by atoms with Crippen LogP contribution in [0.2, 0.25) is 0 Å². The van der Waals surface area contributed by atoms with E-state index in [1.807, 2.05) is 0 Å². The fourth-order valence-electron chi connectivity index (χ4n) is 3.40. The van der Waals surface area contributed by atoms with E-state index >= 15 is 4.39 Å². The first-order valence-corrected chi connectivity index (χ1v) is 8.42. The monoisotopic (exact) mass is 380 g/mol. The number of hydrogen-bond acceptors (Lipinski definition) is 5. The highest BCUT2D eigenvalue weighted by molar-refractivity contribution is 5.92. The van der Waals surface area contributed by atoms with Gasteiger partial charge < -0.3 is 15.3 Å². The molecule has 1 aliphatic rings. The average Bonchev–Trinajstić information content (AvgIpc) is 3.02. The zero-order valence-electron chi connectivity index (χ0n) is 14.8. The van der Waals surface area contributed by atoms with Crippen molar-refractivity contribution < 1.29 is 23.5 Å². The van der Waals surface area contributed by atoms with E-state index in [1.165, 1.54) is 11.8 Å². The summed E-state index contributed by atoms with van der Waals surface area (Å²) in [6, 6.07) is 0.611. The van der Waals surface area contributed by atoms with Gasteiger partial charge in [0, 0.05) is 32.6 Å². The largest absolute Gasteiger partial charge is 0.476 e. The number of nitrogens with one attached hydrogen (secondary N) is 1. The smallest absolute Gasteiger partial charge is 0.360 e. The fourth-order valence-corrected chi connectivity index (χ4v) is 3.40. The summed E-state index contributed by atoms with van der Waals surface area (Å²) in [7, 11) is 0. The number of benzene rings is 1. The second kappa shape index (κ2) is 6.93. The molecule has 27 heavy (non-hydrogen) atoms. The highest BCUT2D eigenvalue weighted by atomic mass is 19.1. The van der Waals surface area contributed by atoms with E-state index in [9.17, 15) is 18.8 Å². The van der Waals surface area contributed by atoms with E-state index in [2.05, 4.69) is 10.4 Å². The van der Waals surface area contributed by atoms with Gasteiger partial charge in [0.15, 0.2) is 5.82 Å². The number of carboxylic acids is 1. The Balaban J connectivity index is 2.17. The quantitative estimate of drug-likeness (QED) is 0.823. The molecule has 8 nitrogen and oxygen atoms in total. The number of halogens is 2. The van der Waals surface area contributed by atoms with Crippen LogP contribution in [0.15, 0.2) is 10.9 Å². The Morgan fingerprint density at radius 3 is 2.70 bits per heavy atom. The van der Waals surface area contributed by atoms with Gasteiger partial charge in [0.2, 0.25) is 17.0 Å². The number of carbonyl (C=O) groups is 2. The minimum Gasteiger partial charge on any atom is -0.476 e. The van der Waals surface area contributed by atoms with Crippen molar-refractivity contribution >= 4 is 28.5 Å². The van der Waals surface area contributed by atoms with Crippen molar-refractivity contribution in [2.24, 2.45) is 0 Å². The SMILES string of the molecule is CCn1nc(C(=O)O)c(=O)c2cc(F)c(N3CCC(NC(C)=O)C3)c(F)c21. The van der Waals surface area contributed by atoms with Gasteiger partial charge in [-0.3, -0.25) is 14.3 Å². The van der Waals surface area contributed by atoms with Crippen molar-refractivity contribution in [2.45, 2.75) is 32.9 Å². The third-order valence-corrected chi connectivity index (χ3v) is 4.52. The standard InChI is InChI=1S/C17H18F2N4O4/c1-3-23-14-10(16(25)13(21-23)17(26)27)6-11(18)15(12(14)19)22-5-4-9(7-22)20-8(2)24/h6,9H,3-5,7H2,1-2H3,(H,20,24)(H,26,27). The zero-order chi connectivity index (χ0) is 19.9. The topological polar surface area (TPSA) is 105 Å². The summed E-state index contributed by atoms with van der Waals surface area (Å²) >= 11 is 0. The molecule has 1 saturated heterocycles. The Morgan fingerprint density at radius 1 is 1.41 bits per heavy atom. The Morgan fingerprint density at radius 2 is 2.11 bits per heavy atom. The number of nitrogens with zero attached hydrogens (tertiary/aromatic N) is 3. The molecule has 1 unspecified atom stereocenters. The number of hydrogen-bond donors (Lipinski definition) is 2. The molecule has 1 atom stereocenters. The van der Waals surface area contributed by atoms with Gasteiger partial charge in [-0.25, -0.2) is 13.6 Å². The van der Waals surface area contributed by atoms with Crippen molar-refractivity contribution in [2.75, 3.05) is 18.0 Å². The van der Waals surface area contributed by atoms with Gasteiger partial charge in [-0.15, -0.1) is 0 Å². The van der Waals surface area contributed by atoms with E-state index in [0.29, 0.717) is 13.0 Å². The van der Waals surface area contributed by atoms with Crippen LogP contribution in [0.25, 0.3) is 10.9 Å². The predicted octanol–water partition coefficient (Wildman–Crippen LogP) is 1.11. The van der Waals surface area contributed by atoms with Crippen LogP contribution in [-0.2, 0) is 11.3 Å². The molecular weight excluding hydrogens is 362 g/mol. The number of amides is 1. The summed E-state index contributed by atoms with van der Waals surface area (Å²) < 4.78 is 30.9. The van der Waals surface area contributed by atoms with Crippen molar-refractivity contribution in [1.29, 1.82) is 0 Å². The number of carbonyl (C=O) groups excluding carboxylic acids is 1. The van der Waals surface area contributed by atoms with Crippen molar-refractivity contribution in [3.05, 3.63) is 33.6 Å². The molecule has 3 rings (SSSR count). The minimum absolute atomic E-state index is 0.0908. The number of aromatic carboxylic acids is 1. The highest BCUT2D eigenvalue weighted by Gasteiger charge is 2.30. The Labute approximate surface area is 152 Å². The van der Waals surface area contributed by atoms with Gasteiger partial charge in [0.1, 0.15) is 17.0 Å². The first kappa shape index (κ1) is 18.7. The molecule has 1 fully saturated rings. The Kier molecular flexibility index (Phi) is 4.81. The molecule has 0 saturated carbocycles. The highest BCUT2D eigenvalue weighted by Crippen LogP contribution is 2.31. The van der Waals surface area contributed by atoms with Gasteiger partial charge in [-0.1, -0.05) is 0 Å². The van der Waals surface area contributed by atoms with Crippen molar-refractivity contribution in [3.8, 4) is 0 Å². The van der Waals surface area contributed by atoms with Crippen molar-refractivity contribution in [1.82, 2.24) is 15.1 Å². The molecule has 2 heterocycles. The molecule has 1 aliphatic heterocycles. The first-order chi connectivity index (χ1) is 12.7. The number of carboxylic acid groups (broad SMARTS) is 1. The zero-order valence-corrected chi connectivity index (χ0v) is 14.8. The maximum Gasteiger partial charge on any atom is 0.360 e. The van der Waals surface area contributed by atoms with Gasteiger partial charge in [-0.05, 0) is 19.4 Å². The summed E-state index contributed by atoms with van der Waals surface area (Å²) in [4.78, 5) is 36.1. The van der Waals surface area contributed by atoms with Crippen LogP contribution < -0.4 is 15.6 Å². The number of aromatic nitrogens is 2. The fraction of sp³-hybridized carbons (Fsp3) is 0.412. The van der Waals surface area contributed by atoms with Crippen LogP contribution in [0.1, 0.15) is 30.8 Å². The minimum atomic E-state index is -1.56. The lowest BCUT2D eigenvalue weighted by molar-refractivity contribution is -0.119. The van der Waals surface area contributed by atoms with Crippen LogP contribution in [0.3, 0.4) is 0 Å². The van der Waals surface area contributed by atoms with Gasteiger partial charge in [-0.2, -0.15) is 5.10 Å².